The largest absolute Gasteiger partial charge is 0.477 e. The third-order valence-electron chi connectivity index (χ3n) is 2.70. The van der Waals surface area contributed by atoms with Gasteiger partial charge in [-0.3, -0.25) is 14.9 Å². The summed E-state index contributed by atoms with van der Waals surface area (Å²) in [5, 5.41) is 22.8. The van der Waals surface area contributed by atoms with Crippen LogP contribution < -0.4 is 10.1 Å². The predicted molar refractivity (Wildman–Crippen MR) is 72.4 cm³/mol. The molecule has 0 aliphatic rings. The fraction of sp³-hybridized carbons (Fsp3) is 0.462. The van der Waals surface area contributed by atoms with Gasteiger partial charge in [0.15, 0.2) is 12.4 Å². The van der Waals surface area contributed by atoms with Crippen LogP contribution in [-0.4, -0.2) is 35.2 Å². The Morgan fingerprint density at radius 3 is 2.70 bits per heavy atom. The number of carbonyl (C=O) groups excluding carboxylic acids is 1. The molecule has 0 fully saturated rings. The maximum atomic E-state index is 11.5. The number of hydrogen-bond donors (Lipinski definition) is 2. The zero-order chi connectivity index (χ0) is 15.1. The maximum Gasteiger partial charge on any atom is 0.310 e. The number of nitro benzene ring substituents is 1. The lowest BCUT2D eigenvalue weighted by molar-refractivity contribution is -0.385. The van der Waals surface area contributed by atoms with Gasteiger partial charge in [0.1, 0.15) is 0 Å². The molecule has 7 nitrogen and oxygen atoms in total. The van der Waals surface area contributed by atoms with E-state index in [1.165, 1.54) is 18.2 Å². The van der Waals surface area contributed by atoms with Crippen LogP contribution in [0.15, 0.2) is 24.3 Å². The van der Waals surface area contributed by atoms with E-state index < -0.39 is 16.9 Å². The molecule has 0 radical (unpaired) electrons. The summed E-state index contributed by atoms with van der Waals surface area (Å²) in [6.07, 6.45) is -0.634. The molecule has 0 saturated heterocycles. The average molecular weight is 282 g/mol. The van der Waals surface area contributed by atoms with Crippen molar-refractivity contribution in [3.63, 3.8) is 0 Å². The van der Waals surface area contributed by atoms with Gasteiger partial charge in [0.2, 0.25) is 0 Å². The molecular weight excluding hydrogens is 264 g/mol. The molecule has 1 atom stereocenters. The number of benzene rings is 1. The number of aliphatic hydroxyl groups excluding tert-OH is 1. The number of aliphatic hydroxyl groups is 1. The topological polar surface area (TPSA) is 102 Å². The van der Waals surface area contributed by atoms with E-state index >= 15 is 0 Å². The monoisotopic (exact) mass is 282 g/mol. The molecule has 2 N–H and O–H groups in total. The van der Waals surface area contributed by atoms with Gasteiger partial charge in [-0.1, -0.05) is 26.0 Å². The van der Waals surface area contributed by atoms with Gasteiger partial charge in [-0.15, -0.1) is 0 Å². The van der Waals surface area contributed by atoms with E-state index in [2.05, 4.69) is 5.32 Å². The van der Waals surface area contributed by atoms with Crippen molar-refractivity contribution in [2.24, 2.45) is 5.92 Å². The summed E-state index contributed by atoms with van der Waals surface area (Å²) in [4.78, 5) is 21.7. The maximum absolute atomic E-state index is 11.5. The number of hydrogen-bond acceptors (Lipinski definition) is 5. The Kier molecular flexibility index (Phi) is 5.92. The fourth-order valence-corrected chi connectivity index (χ4v) is 1.38. The Bertz CT molecular complexity index is 476. The first-order valence-corrected chi connectivity index (χ1v) is 6.22. The van der Waals surface area contributed by atoms with Crippen LogP contribution in [-0.2, 0) is 4.79 Å². The molecule has 0 aliphatic carbocycles. The van der Waals surface area contributed by atoms with Crippen LogP contribution in [0, 0.1) is 16.0 Å². The van der Waals surface area contributed by atoms with Crippen LogP contribution in [0.1, 0.15) is 13.8 Å². The third kappa shape index (κ3) is 4.85. The van der Waals surface area contributed by atoms with E-state index in [9.17, 15) is 20.0 Å². The Hall–Kier alpha value is -2.15. The van der Waals surface area contributed by atoms with Gasteiger partial charge in [0.05, 0.1) is 11.0 Å². The molecule has 0 aromatic heterocycles. The lowest BCUT2D eigenvalue weighted by Crippen LogP contribution is -2.37. The molecule has 7 heteroatoms. The van der Waals surface area contributed by atoms with Crippen LogP contribution in [0.25, 0.3) is 0 Å². The van der Waals surface area contributed by atoms with Crippen molar-refractivity contribution in [1.29, 1.82) is 0 Å². The molecule has 1 aromatic rings. The summed E-state index contributed by atoms with van der Waals surface area (Å²) in [7, 11) is 0. The minimum absolute atomic E-state index is 0.0337. The molecule has 1 amide bonds. The molecule has 1 aromatic carbocycles. The van der Waals surface area contributed by atoms with E-state index in [1.54, 1.807) is 6.07 Å². The first kappa shape index (κ1) is 15.9. The van der Waals surface area contributed by atoms with Gasteiger partial charge >= 0.3 is 5.69 Å². The number of nitrogens with zero attached hydrogens (tertiary/aromatic N) is 1. The van der Waals surface area contributed by atoms with E-state index in [0.29, 0.717) is 0 Å². The number of amides is 1. The van der Waals surface area contributed by atoms with Gasteiger partial charge < -0.3 is 15.2 Å². The molecule has 1 rings (SSSR count). The normalized spacial score (nSPS) is 12.0. The van der Waals surface area contributed by atoms with E-state index in [1.807, 2.05) is 13.8 Å². The first-order valence-electron chi connectivity index (χ1n) is 6.22. The zero-order valence-electron chi connectivity index (χ0n) is 11.4. The molecule has 20 heavy (non-hydrogen) atoms. The van der Waals surface area contributed by atoms with Crippen molar-refractivity contribution in [2.45, 2.75) is 20.0 Å². The fourth-order valence-electron chi connectivity index (χ4n) is 1.38. The number of carbonyl (C=O) groups is 1. The number of ether oxygens (including phenoxy) is 1. The molecular formula is C13H18N2O5. The molecule has 0 bridgehead atoms. The van der Waals surface area contributed by atoms with E-state index in [4.69, 9.17) is 4.74 Å². The average Bonchev–Trinajstić information content (AvgIpc) is 2.42. The summed E-state index contributed by atoms with van der Waals surface area (Å²) in [6.45, 7) is 3.45. The summed E-state index contributed by atoms with van der Waals surface area (Å²) >= 11 is 0. The highest BCUT2D eigenvalue weighted by atomic mass is 16.6. The van der Waals surface area contributed by atoms with Crippen molar-refractivity contribution in [3.05, 3.63) is 34.4 Å². The second-order valence-corrected chi connectivity index (χ2v) is 4.63. The van der Waals surface area contributed by atoms with Gasteiger partial charge in [-0.2, -0.15) is 0 Å². The lowest BCUT2D eigenvalue weighted by atomic mass is 10.1. The highest BCUT2D eigenvalue weighted by molar-refractivity contribution is 5.77. The standard InChI is InChI=1S/C13H18N2O5/c1-9(2)11(16)7-14-13(17)8-20-12-6-4-3-5-10(12)15(18)19/h3-6,9,11,16H,7-8H2,1-2H3,(H,14,17). The number of nitro groups is 1. The molecule has 0 heterocycles. The molecule has 0 spiro atoms. The van der Waals surface area contributed by atoms with Gasteiger partial charge in [-0.05, 0) is 12.0 Å². The number of rotatable bonds is 7. The van der Waals surface area contributed by atoms with Crippen molar-refractivity contribution in [3.8, 4) is 5.75 Å². The van der Waals surface area contributed by atoms with Crippen molar-refractivity contribution >= 4 is 11.6 Å². The van der Waals surface area contributed by atoms with Crippen LogP contribution in [0.4, 0.5) is 5.69 Å². The zero-order valence-corrected chi connectivity index (χ0v) is 11.4. The minimum Gasteiger partial charge on any atom is -0.477 e. The summed E-state index contributed by atoms with van der Waals surface area (Å²) in [6, 6.07) is 5.83. The second-order valence-electron chi connectivity index (χ2n) is 4.63. The quantitative estimate of drug-likeness (QED) is 0.576. The Balaban J connectivity index is 2.47. The lowest BCUT2D eigenvalue weighted by Gasteiger charge is -2.15. The highest BCUT2D eigenvalue weighted by Gasteiger charge is 2.15. The highest BCUT2D eigenvalue weighted by Crippen LogP contribution is 2.25. The smallest absolute Gasteiger partial charge is 0.310 e. The SMILES string of the molecule is CC(C)C(O)CNC(=O)COc1ccccc1[N+](=O)[O-]. The van der Waals surface area contributed by atoms with Crippen LogP contribution >= 0.6 is 0 Å². The minimum atomic E-state index is -0.634. The number of nitrogens with one attached hydrogen (secondary N) is 1. The Morgan fingerprint density at radius 2 is 2.10 bits per heavy atom. The Labute approximate surface area is 116 Å². The third-order valence-corrected chi connectivity index (χ3v) is 2.70. The summed E-state index contributed by atoms with van der Waals surface area (Å²) < 4.78 is 5.12. The van der Waals surface area contributed by atoms with Gasteiger partial charge in [0.25, 0.3) is 5.91 Å². The van der Waals surface area contributed by atoms with Crippen LogP contribution in [0.2, 0.25) is 0 Å². The summed E-state index contributed by atoms with van der Waals surface area (Å²) in [5.74, 6) is -0.369. The van der Waals surface area contributed by atoms with E-state index in [-0.39, 0.29) is 30.5 Å². The van der Waals surface area contributed by atoms with Crippen molar-refractivity contribution < 1.29 is 19.6 Å². The molecule has 0 aliphatic heterocycles. The van der Waals surface area contributed by atoms with Crippen LogP contribution in [0.5, 0.6) is 5.75 Å². The van der Waals surface area contributed by atoms with Crippen molar-refractivity contribution in [1.82, 2.24) is 5.32 Å². The van der Waals surface area contributed by atoms with Crippen LogP contribution in [0.3, 0.4) is 0 Å². The van der Waals surface area contributed by atoms with Gasteiger partial charge in [-0.25, -0.2) is 0 Å². The molecule has 0 saturated carbocycles. The van der Waals surface area contributed by atoms with Gasteiger partial charge in [0, 0.05) is 12.6 Å². The second kappa shape index (κ2) is 7.44. The predicted octanol–water partition coefficient (Wildman–Crippen LogP) is 1.11. The first-order chi connectivity index (χ1) is 9.41. The molecule has 110 valence electrons. The molecule has 1 unspecified atom stereocenters. The van der Waals surface area contributed by atoms with Crippen molar-refractivity contribution in [2.75, 3.05) is 13.2 Å². The van der Waals surface area contributed by atoms with E-state index in [0.717, 1.165) is 0 Å². The number of para-hydroxylation sites is 2. The Morgan fingerprint density at radius 1 is 1.45 bits per heavy atom. The summed E-state index contributed by atoms with van der Waals surface area (Å²) in [5.41, 5.74) is -0.192.